The molecule has 1 amide bonds. The van der Waals surface area contributed by atoms with Gasteiger partial charge in [0.15, 0.2) is 0 Å². The number of carbonyl (C=O) groups is 1. The summed E-state index contributed by atoms with van der Waals surface area (Å²) in [5, 5.41) is 5.97. The summed E-state index contributed by atoms with van der Waals surface area (Å²) in [5.74, 6) is -0.0340. The van der Waals surface area contributed by atoms with Crippen molar-refractivity contribution in [2.75, 3.05) is 4.90 Å². The van der Waals surface area contributed by atoms with Crippen LogP contribution in [0.1, 0.15) is 16.7 Å². The summed E-state index contributed by atoms with van der Waals surface area (Å²) in [4.78, 5) is 14.5. The molecule has 0 aliphatic carbocycles. The van der Waals surface area contributed by atoms with Crippen LogP contribution in [0.25, 0.3) is 0 Å². The molecule has 1 N–H and O–H groups in total. The highest BCUT2D eigenvalue weighted by Crippen LogP contribution is 2.51. The minimum Gasteiger partial charge on any atom is -0.304 e. The molecule has 0 aromatic heterocycles. The maximum Gasteiger partial charge on any atom is 0.270 e. The third kappa shape index (κ3) is 2.62. The summed E-state index contributed by atoms with van der Waals surface area (Å²) < 4.78 is 0. The molecule has 4 nitrogen and oxygen atoms in total. The minimum absolute atomic E-state index is 0.0340. The van der Waals surface area contributed by atoms with E-state index in [-0.39, 0.29) is 5.91 Å². The fourth-order valence-electron chi connectivity index (χ4n) is 3.61. The average Bonchev–Trinajstić information content (AvgIpc) is 3.28. The molecule has 6 heteroatoms. The fraction of sp³-hybridized carbons (Fsp3) is 0.0909. The van der Waals surface area contributed by atoms with Gasteiger partial charge >= 0.3 is 0 Å². The van der Waals surface area contributed by atoms with E-state index in [1.54, 1.807) is 4.90 Å². The molecule has 0 fully saturated rings. The zero-order valence-electron chi connectivity index (χ0n) is 14.8. The molecule has 0 bridgehead atoms. The number of amides is 1. The monoisotopic (exact) mass is 405 g/mol. The van der Waals surface area contributed by atoms with Gasteiger partial charge in [-0.3, -0.25) is 10.2 Å². The average molecular weight is 406 g/mol. The van der Waals surface area contributed by atoms with Crippen molar-refractivity contribution >= 4 is 40.0 Å². The Kier molecular flexibility index (Phi) is 4.14. The van der Waals surface area contributed by atoms with E-state index in [1.165, 1.54) is 11.8 Å². The van der Waals surface area contributed by atoms with E-state index < -0.39 is 4.87 Å². The summed E-state index contributed by atoms with van der Waals surface area (Å²) in [6.07, 6.45) is 0. The molecular weight excluding hydrogens is 390 g/mol. The van der Waals surface area contributed by atoms with Gasteiger partial charge in [0.05, 0.1) is 12.2 Å². The number of thioether (sulfide) groups is 1. The van der Waals surface area contributed by atoms with Gasteiger partial charge in [-0.1, -0.05) is 90.1 Å². The molecule has 28 heavy (non-hydrogen) atoms. The molecule has 2 aliphatic rings. The number of halogens is 1. The Morgan fingerprint density at radius 1 is 0.964 bits per heavy atom. The Morgan fingerprint density at radius 2 is 1.68 bits per heavy atom. The van der Waals surface area contributed by atoms with E-state index in [2.05, 4.69) is 10.5 Å². The lowest BCUT2D eigenvalue weighted by Gasteiger charge is -2.23. The number of nitrogens with zero attached hydrogens (tertiary/aromatic N) is 2. The third-order valence-electron chi connectivity index (χ3n) is 4.99. The standard InChI is InChI=1S/C22H16ClN3OS/c23-18-12-6-4-10-16(18)14-26-19-13-7-5-11-17(19)22(21(26)27)25-24-20(28-22)15-8-2-1-3-9-15/h1-13,25H,14H2. The van der Waals surface area contributed by atoms with Crippen molar-refractivity contribution in [1.82, 2.24) is 5.43 Å². The normalized spacial score (nSPS) is 20.2. The van der Waals surface area contributed by atoms with Crippen LogP contribution in [0.3, 0.4) is 0 Å². The molecule has 5 rings (SSSR count). The van der Waals surface area contributed by atoms with Crippen LogP contribution in [-0.2, 0) is 16.2 Å². The smallest absolute Gasteiger partial charge is 0.270 e. The van der Waals surface area contributed by atoms with Crippen molar-refractivity contribution in [2.45, 2.75) is 11.4 Å². The number of benzene rings is 3. The van der Waals surface area contributed by atoms with Crippen LogP contribution < -0.4 is 10.3 Å². The number of anilines is 1. The molecule has 0 saturated carbocycles. The quantitative estimate of drug-likeness (QED) is 0.684. The first-order valence-electron chi connectivity index (χ1n) is 8.93. The third-order valence-corrected chi connectivity index (χ3v) is 6.67. The van der Waals surface area contributed by atoms with E-state index in [1.807, 2.05) is 78.9 Å². The van der Waals surface area contributed by atoms with Crippen molar-refractivity contribution in [3.63, 3.8) is 0 Å². The highest BCUT2D eigenvalue weighted by Gasteiger charge is 2.55. The van der Waals surface area contributed by atoms with Crippen molar-refractivity contribution < 1.29 is 4.79 Å². The van der Waals surface area contributed by atoms with Crippen molar-refractivity contribution in [2.24, 2.45) is 5.10 Å². The zero-order chi connectivity index (χ0) is 19.1. The van der Waals surface area contributed by atoms with Gasteiger partial charge in [-0.2, -0.15) is 5.10 Å². The number of nitrogens with one attached hydrogen (secondary N) is 1. The molecule has 1 atom stereocenters. The van der Waals surface area contributed by atoms with Crippen LogP contribution in [0, 0.1) is 0 Å². The SMILES string of the molecule is O=C1N(Cc2ccccc2Cl)c2ccccc2C12NN=C(c1ccccc1)S2. The van der Waals surface area contributed by atoms with Gasteiger partial charge in [-0.15, -0.1) is 0 Å². The highest BCUT2D eigenvalue weighted by molar-refractivity contribution is 8.16. The maximum absolute atomic E-state index is 13.6. The van der Waals surface area contributed by atoms with Crippen molar-refractivity contribution in [3.8, 4) is 0 Å². The van der Waals surface area contributed by atoms with Crippen LogP contribution in [0.4, 0.5) is 5.69 Å². The Morgan fingerprint density at radius 3 is 2.50 bits per heavy atom. The number of hydrogen-bond donors (Lipinski definition) is 1. The van der Waals surface area contributed by atoms with Crippen LogP contribution >= 0.6 is 23.4 Å². The Labute approximate surface area is 172 Å². The first-order valence-corrected chi connectivity index (χ1v) is 10.1. The summed E-state index contributed by atoms with van der Waals surface area (Å²) >= 11 is 7.81. The molecule has 2 aliphatic heterocycles. The van der Waals surface area contributed by atoms with Crippen LogP contribution in [0.5, 0.6) is 0 Å². The fourth-order valence-corrected chi connectivity index (χ4v) is 5.01. The van der Waals surface area contributed by atoms with Gasteiger partial charge in [0.2, 0.25) is 4.87 Å². The number of para-hydroxylation sites is 1. The molecule has 2 heterocycles. The zero-order valence-corrected chi connectivity index (χ0v) is 16.4. The van der Waals surface area contributed by atoms with E-state index in [0.29, 0.717) is 11.6 Å². The van der Waals surface area contributed by atoms with E-state index in [0.717, 1.165) is 27.4 Å². The van der Waals surface area contributed by atoms with Gasteiger partial charge in [0.1, 0.15) is 5.04 Å². The van der Waals surface area contributed by atoms with E-state index >= 15 is 0 Å². The highest BCUT2D eigenvalue weighted by atomic mass is 35.5. The first kappa shape index (κ1) is 17.3. The van der Waals surface area contributed by atoms with Gasteiger partial charge in [0.25, 0.3) is 5.91 Å². The molecule has 1 spiro atoms. The molecule has 138 valence electrons. The summed E-state index contributed by atoms with van der Waals surface area (Å²) in [6, 6.07) is 25.4. The predicted molar refractivity (Wildman–Crippen MR) is 114 cm³/mol. The molecule has 1 unspecified atom stereocenters. The second-order valence-electron chi connectivity index (χ2n) is 6.68. The van der Waals surface area contributed by atoms with Crippen LogP contribution in [-0.4, -0.2) is 11.0 Å². The number of rotatable bonds is 3. The Bertz CT molecular complexity index is 1100. The number of hydrazone groups is 1. The molecule has 0 saturated heterocycles. The lowest BCUT2D eigenvalue weighted by molar-refractivity contribution is -0.121. The van der Waals surface area contributed by atoms with Gasteiger partial charge in [-0.25, -0.2) is 0 Å². The van der Waals surface area contributed by atoms with Gasteiger partial charge in [-0.05, 0) is 17.7 Å². The predicted octanol–water partition coefficient (Wildman–Crippen LogP) is 4.74. The summed E-state index contributed by atoms with van der Waals surface area (Å²) in [6.45, 7) is 0.417. The molecule has 3 aromatic rings. The molecular formula is C22H16ClN3OS. The summed E-state index contributed by atoms with van der Waals surface area (Å²) in [7, 11) is 0. The second-order valence-corrected chi connectivity index (χ2v) is 8.29. The minimum atomic E-state index is -0.941. The summed E-state index contributed by atoms with van der Waals surface area (Å²) in [5.41, 5.74) is 6.86. The van der Waals surface area contributed by atoms with Gasteiger partial charge in [0, 0.05) is 16.1 Å². The molecule has 0 radical (unpaired) electrons. The largest absolute Gasteiger partial charge is 0.304 e. The number of carbonyl (C=O) groups excluding carboxylic acids is 1. The van der Waals surface area contributed by atoms with E-state index in [4.69, 9.17) is 11.6 Å². The Hall–Kier alpha value is -2.76. The van der Waals surface area contributed by atoms with Gasteiger partial charge < -0.3 is 4.90 Å². The van der Waals surface area contributed by atoms with Crippen LogP contribution in [0.15, 0.2) is 84.0 Å². The number of hydrogen-bond acceptors (Lipinski definition) is 4. The van der Waals surface area contributed by atoms with E-state index in [9.17, 15) is 4.79 Å². The Balaban J connectivity index is 1.53. The topological polar surface area (TPSA) is 44.7 Å². The second kappa shape index (κ2) is 6.69. The van der Waals surface area contributed by atoms with Crippen molar-refractivity contribution in [1.29, 1.82) is 0 Å². The van der Waals surface area contributed by atoms with Crippen LogP contribution in [0.2, 0.25) is 5.02 Å². The van der Waals surface area contributed by atoms with Crippen molar-refractivity contribution in [3.05, 3.63) is 101 Å². The molecule has 3 aromatic carbocycles. The first-order chi connectivity index (χ1) is 13.7. The number of fused-ring (bicyclic) bond motifs is 2. The maximum atomic E-state index is 13.6. The lowest BCUT2D eigenvalue weighted by Crippen LogP contribution is -2.44. The lowest BCUT2D eigenvalue weighted by atomic mass is 10.1.